The van der Waals surface area contributed by atoms with E-state index in [4.69, 9.17) is 15.0 Å². The van der Waals surface area contributed by atoms with E-state index in [1.807, 2.05) is 72.0 Å². The zero-order chi connectivity index (χ0) is 37.0. The second-order valence-corrected chi connectivity index (χ2v) is 15.1. The molecule has 8 aromatic carbocycles. The third-order valence-corrected chi connectivity index (χ3v) is 11.8. The Bertz CT molecular complexity index is 3180. The lowest BCUT2D eigenvalue weighted by atomic mass is 9.96. The van der Waals surface area contributed by atoms with Crippen molar-refractivity contribution in [2.24, 2.45) is 0 Å². The molecule has 0 aliphatic rings. The number of thiophene rings is 1. The van der Waals surface area contributed by atoms with Crippen LogP contribution in [0.3, 0.4) is 0 Å². The third kappa shape index (κ3) is 5.48. The normalized spacial score (nSPS) is 11.6. The van der Waals surface area contributed by atoms with Crippen LogP contribution in [-0.2, 0) is 0 Å². The maximum atomic E-state index is 5.05. The van der Waals surface area contributed by atoms with Crippen LogP contribution in [0.1, 0.15) is 0 Å². The van der Waals surface area contributed by atoms with Crippen molar-refractivity contribution in [2.45, 2.75) is 0 Å². The fraction of sp³-hybridized carbons (Fsp3) is 0. The average Bonchev–Trinajstić information content (AvgIpc) is 3.83. The van der Waals surface area contributed by atoms with Gasteiger partial charge in [-0.25, -0.2) is 15.0 Å². The Morgan fingerprint density at radius 2 is 0.839 bits per heavy atom. The van der Waals surface area contributed by atoms with Crippen LogP contribution in [0.4, 0.5) is 0 Å². The zero-order valence-electron chi connectivity index (χ0n) is 30.2. The minimum Gasteiger partial charge on any atom is -0.308 e. The van der Waals surface area contributed by atoms with Crippen molar-refractivity contribution in [3.05, 3.63) is 194 Å². The van der Waals surface area contributed by atoms with Gasteiger partial charge in [-0.3, -0.25) is 0 Å². The Labute approximate surface area is 327 Å². The molecule has 262 valence electrons. The Kier molecular flexibility index (Phi) is 7.64. The Balaban J connectivity index is 1.14. The summed E-state index contributed by atoms with van der Waals surface area (Å²) in [5.41, 5.74) is 10.9. The first-order valence-electron chi connectivity index (χ1n) is 18.8. The molecule has 0 radical (unpaired) electrons. The van der Waals surface area contributed by atoms with Gasteiger partial charge in [0.25, 0.3) is 0 Å². The molecule has 5 heteroatoms. The number of para-hydroxylation sites is 1. The Hall–Kier alpha value is -7.21. The highest BCUT2D eigenvalue weighted by Gasteiger charge is 2.19. The van der Waals surface area contributed by atoms with E-state index in [-0.39, 0.29) is 0 Å². The number of fused-ring (bicyclic) bond motifs is 7. The van der Waals surface area contributed by atoms with E-state index in [1.165, 1.54) is 42.0 Å². The molecule has 0 aliphatic heterocycles. The van der Waals surface area contributed by atoms with Gasteiger partial charge in [-0.2, -0.15) is 0 Å². The van der Waals surface area contributed by atoms with Crippen LogP contribution < -0.4 is 0 Å². The second kappa shape index (κ2) is 13.3. The number of hydrogen-bond acceptors (Lipinski definition) is 4. The summed E-state index contributed by atoms with van der Waals surface area (Å²) in [6.45, 7) is 0. The zero-order valence-corrected chi connectivity index (χ0v) is 31.0. The summed E-state index contributed by atoms with van der Waals surface area (Å²) >= 11 is 1.88. The van der Waals surface area contributed by atoms with E-state index < -0.39 is 0 Å². The van der Waals surface area contributed by atoms with Crippen molar-refractivity contribution >= 4 is 53.3 Å². The molecule has 0 atom stereocenters. The first-order valence-corrected chi connectivity index (χ1v) is 19.6. The van der Waals surface area contributed by atoms with Crippen molar-refractivity contribution < 1.29 is 0 Å². The summed E-state index contributed by atoms with van der Waals surface area (Å²) in [5.74, 6) is 1.92. The fourth-order valence-electron chi connectivity index (χ4n) is 7.98. The lowest BCUT2D eigenvalue weighted by Crippen LogP contribution is -2.00. The molecule has 0 aliphatic carbocycles. The van der Waals surface area contributed by atoms with Crippen molar-refractivity contribution in [1.29, 1.82) is 0 Å². The summed E-state index contributed by atoms with van der Waals surface area (Å²) in [6, 6.07) is 68.7. The molecule has 4 nitrogen and oxygen atoms in total. The van der Waals surface area contributed by atoms with Crippen molar-refractivity contribution in [3.8, 4) is 62.1 Å². The number of benzene rings is 8. The quantitative estimate of drug-likeness (QED) is 0.171. The highest BCUT2D eigenvalue weighted by molar-refractivity contribution is 7.26. The Morgan fingerprint density at radius 1 is 0.339 bits per heavy atom. The van der Waals surface area contributed by atoms with Gasteiger partial charge in [-0.15, -0.1) is 11.3 Å². The summed E-state index contributed by atoms with van der Waals surface area (Å²) in [4.78, 5) is 15.0. The summed E-state index contributed by atoms with van der Waals surface area (Å²) in [6.07, 6.45) is 0. The average molecular weight is 733 g/mol. The predicted octanol–water partition coefficient (Wildman–Crippen LogP) is 13.7. The standard InChI is InChI=1S/C51H32N4S/c1-4-15-33(16-5-1)38-30-39(36-21-14-22-37(29-36)51-53-49(34-17-6-2-7-18-34)52-50(54-51)35-19-8-3-9-20-35)32-40(31-38)55-45-25-12-10-23-41(45)43-27-28-44-42-24-11-13-26-46(42)56-48(44)47(43)55/h1-32H. The van der Waals surface area contributed by atoms with Crippen LogP contribution in [0.15, 0.2) is 194 Å². The third-order valence-electron chi connectivity index (χ3n) is 10.6. The molecule has 0 spiro atoms. The van der Waals surface area contributed by atoms with Gasteiger partial charge < -0.3 is 4.57 Å². The van der Waals surface area contributed by atoms with Crippen LogP contribution in [-0.4, -0.2) is 19.5 Å². The molecule has 0 saturated heterocycles. The van der Waals surface area contributed by atoms with Gasteiger partial charge in [0, 0.05) is 48.6 Å². The molecule has 0 bridgehead atoms. The number of hydrogen-bond donors (Lipinski definition) is 0. The monoisotopic (exact) mass is 732 g/mol. The molecule has 3 heterocycles. The van der Waals surface area contributed by atoms with Crippen molar-refractivity contribution in [3.63, 3.8) is 0 Å². The van der Waals surface area contributed by atoms with Gasteiger partial charge >= 0.3 is 0 Å². The van der Waals surface area contributed by atoms with E-state index in [0.29, 0.717) is 17.5 Å². The van der Waals surface area contributed by atoms with E-state index in [9.17, 15) is 0 Å². The van der Waals surface area contributed by atoms with Gasteiger partial charge in [-0.1, -0.05) is 158 Å². The molecule has 0 saturated carbocycles. The summed E-state index contributed by atoms with van der Waals surface area (Å²) < 4.78 is 5.07. The van der Waals surface area contributed by atoms with Gasteiger partial charge in [0.1, 0.15) is 0 Å². The number of rotatable bonds is 6. The van der Waals surface area contributed by atoms with Gasteiger partial charge in [0.15, 0.2) is 17.5 Å². The van der Waals surface area contributed by atoms with E-state index >= 15 is 0 Å². The highest BCUT2D eigenvalue weighted by atomic mass is 32.1. The highest BCUT2D eigenvalue weighted by Crippen LogP contribution is 2.44. The van der Waals surface area contributed by atoms with Gasteiger partial charge in [-0.05, 0) is 58.7 Å². The largest absolute Gasteiger partial charge is 0.308 e. The molecule has 0 N–H and O–H groups in total. The molecular formula is C51H32N4S. The SMILES string of the molecule is c1ccc(-c2cc(-c3cccc(-c4nc(-c5ccccc5)nc(-c5ccccc5)n4)c3)cc(-n3c4ccccc4c4ccc5c6ccccc6sc5c43)c2)cc1. The lowest BCUT2D eigenvalue weighted by molar-refractivity contribution is 1.07. The summed E-state index contributed by atoms with van der Waals surface area (Å²) in [7, 11) is 0. The maximum Gasteiger partial charge on any atom is 0.164 e. The molecule has 0 unspecified atom stereocenters. The number of aromatic nitrogens is 4. The van der Waals surface area contributed by atoms with Crippen LogP contribution in [0, 0.1) is 0 Å². The molecule has 0 amide bonds. The maximum absolute atomic E-state index is 5.05. The van der Waals surface area contributed by atoms with E-state index in [2.05, 4.69) is 138 Å². The first-order chi connectivity index (χ1) is 27.7. The number of nitrogens with zero attached hydrogens (tertiary/aromatic N) is 4. The lowest BCUT2D eigenvalue weighted by Gasteiger charge is -2.15. The molecule has 11 aromatic rings. The van der Waals surface area contributed by atoms with Crippen LogP contribution in [0.5, 0.6) is 0 Å². The molecule has 11 rings (SSSR count). The van der Waals surface area contributed by atoms with Crippen molar-refractivity contribution in [1.82, 2.24) is 19.5 Å². The minimum atomic E-state index is 0.633. The second-order valence-electron chi connectivity index (χ2n) is 14.0. The van der Waals surface area contributed by atoms with Gasteiger partial charge in [0.05, 0.1) is 15.7 Å². The first kappa shape index (κ1) is 32.2. The summed E-state index contributed by atoms with van der Waals surface area (Å²) in [5, 5.41) is 5.09. The fourth-order valence-corrected chi connectivity index (χ4v) is 9.22. The minimum absolute atomic E-state index is 0.633. The smallest absolute Gasteiger partial charge is 0.164 e. The van der Waals surface area contributed by atoms with Crippen LogP contribution >= 0.6 is 11.3 Å². The van der Waals surface area contributed by atoms with Crippen molar-refractivity contribution in [2.75, 3.05) is 0 Å². The molecule has 56 heavy (non-hydrogen) atoms. The predicted molar refractivity (Wildman–Crippen MR) is 234 cm³/mol. The van der Waals surface area contributed by atoms with Crippen LogP contribution in [0.25, 0.3) is 104 Å². The van der Waals surface area contributed by atoms with Crippen LogP contribution in [0.2, 0.25) is 0 Å². The van der Waals surface area contributed by atoms with E-state index in [0.717, 1.165) is 44.6 Å². The molecule has 0 fully saturated rings. The Morgan fingerprint density at radius 3 is 1.54 bits per heavy atom. The van der Waals surface area contributed by atoms with Gasteiger partial charge in [0.2, 0.25) is 0 Å². The molecular weight excluding hydrogens is 701 g/mol. The topological polar surface area (TPSA) is 43.6 Å². The van der Waals surface area contributed by atoms with E-state index in [1.54, 1.807) is 0 Å². The molecule has 3 aromatic heterocycles.